The van der Waals surface area contributed by atoms with Gasteiger partial charge in [0.05, 0.1) is 12.4 Å². The van der Waals surface area contributed by atoms with E-state index in [9.17, 15) is 9.90 Å². The van der Waals surface area contributed by atoms with Crippen molar-refractivity contribution in [3.63, 3.8) is 0 Å². The molecule has 1 amide bonds. The third kappa shape index (κ3) is 4.28. The van der Waals surface area contributed by atoms with Crippen LogP contribution in [0.4, 0.5) is 0 Å². The maximum absolute atomic E-state index is 12.0. The second-order valence-electron chi connectivity index (χ2n) is 4.75. The van der Waals surface area contributed by atoms with Gasteiger partial charge in [0.1, 0.15) is 5.76 Å². The van der Waals surface area contributed by atoms with Crippen molar-refractivity contribution in [3.05, 3.63) is 23.7 Å². The van der Waals surface area contributed by atoms with Gasteiger partial charge in [-0.3, -0.25) is 4.79 Å². The molecular formula is C14H23NO3S. The summed E-state index contributed by atoms with van der Waals surface area (Å²) in [6.45, 7) is 4.59. The summed E-state index contributed by atoms with van der Waals surface area (Å²) in [5, 5.41) is 12.3. The lowest BCUT2D eigenvalue weighted by molar-refractivity contribution is 0.0826. The first kappa shape index (κ1) is 16.1. The molecule has 5 heteroatoms. The molecule has 0 aliphatic carbocycles. The molecule has 2 N–H and O–H groups in total. The van der Waals surface area contributed by atoms with Crippen LogP contribution in [0.25, 0.3) is 0 Å². The van der Waals surface area contributed by atoms with E-state index in [2.05, 4.69) is 5.32 Å². The van der Waals surface area contributed by atoms with Crippen molar-refractivity contribution in [2.24, 2.45) is 5.41 Å². The zero-order valence-corrected chi connectivity index (χ0v) is 12.7. The smallest absolute Gasteiger partial charge is 0.287 e. The highest BCUT2D eigenvalue weighted by molar-refractivity contribution is 7.97. The molecule has 1 heterocycles. The molecule has 0 saturated heterocycles. The van der Waals surface area contributed by atoms with Gasteiger partial charge in [-0.2, -0.15) is 11.8 Å². The van der Waals surface area contributed by atoms with Gasteiger partial charge in [-0.25, -0.2) is 0 Å². The Labute approximate surface area is 119 Å². The van der Waals surface area contributed by atoms with Crippen molar-refractivity contribution in [1.82, 2.24) is 5.32 Å². The molecule has 0 aliphatic heterocycles. The van der Waals surface area contributed by atoms with Gasteiger partial charge in [-0.05, 0) is 31.2 Å². The molecule has 0 atom stereocenters. The van der Waals surface area contributed by atoms with Crippen molar-refractivity contribution < 1.29 is 14.3 Å². The summed E-state index contributed by atoms with van der Waals surface area (Å²) in [6.07, 6.45) is 3.65. The molecule has 1 aromatic heterocycles. The summed E-state index contributed by atoms with van der Waals surface area (Å²) in [4.78, 5) is 12.0. The standard InChI is InChI=1S/C14H23NO3S/c1-4-14(5-2,10-16)9-15-13(17)12-7-6-11(18-12)8-19-3/h6-7,16H,4-5,8-10H2,1-3H3,(H,15,17). The van der Waals surface area contributed by atoms with Crippen molar-refractivity contribution in [2.75, 3.05) is 19.4 Å². The number of amides is 1. The molecule has 0 bridgehead atoms. The Balaban J connectivity index is 2.58. The highest BCUT2D eigenvalue weighted by Gasteiger charge is 2.26. The van der Waals surface area contributed by atoms with Gasteiger partial charge in [0, 0.05) is 12.0 Å². The molecule has 108 valence electrons. The molecule has 0 unspecified atom stereocenters. The van der Waals surface area contributed by atoms with E-state index in [0.29, 0.717) is 12.3 Å². The zero-order chi connectivity index (χ0) is 14.3. The number of aliphatic hydroxyl groups is 1. The highest BCUT2D eigenvalue weighted by atomic mass is 32.2. The fourth-order valence-corrected chi connectivity index (χ4v) is 2.29. The van der Waals surface area contributed by atoms with Crippen LogP contribution in [0.5, 0.6) is 0 Å². The van der Waals surface area contributed by atoms with E-state index in [1.54, 1.807) is 17.8 Å². The van der Waals surface area contributed by atoms with Gasteiger partial charge in [0.2, 0.25) is 0 Å². The minimum Gasteiger partial charge on any atom is -0.455 e. The summed E-state index contributed by atoms with van der Waals surface area (Å²) in [7, 11) is 0. The number of hydrogen-bond donors (Lipinski definition) is 2. The van der Waals surface area contributed by atoms with Gasteiger partial charge >= 0.3 is 0 Å². The number of hydrogen-bond acceptors (Lipinski definition) is 4. The second kappa shape index (κ2) is 7.60. The molecule has 0 fully saturated rings. The van der Waals surface area contributed by atoms with Crippen LogP contribution in [0.15, 0.2) is 16.5 Å². The molecule has 19 heavy (non-hydrogen) atoms. The van der Waals surface area contributed by atoms with Gasteiger partial charge in [0.15, 0.2) is 5.76 Å². The maximum Gasteiger partial charge on any atom is 0.287 e. The van der Waals surface area contributed by atoms with Gasteiger partial charge in [-0.15, -0.1) is 0 Å². The van der Waals surface area contributed by atoms with Crippen LogP contribution >= 0.6 is 11.8 Å². The molecule has 0 aliphatic rings. The largest absolute Gasteiger partial charge is 0.455 e. The minimum absolute atomic E-state index is 0.0795. The molecule has 0 saturated carbocycles. The first-order valence-corrected chi connectivity index (χ1v) is 7.97. The number of nitrogens with one attached hydrogen (secondary N) is 1. The quantitative estimate of drug-likeness (QED) is 0.771. The average Bonchev–Trinajstić information content (AvgIpc) is 2.90. The van der Waals surface area contributed by atoms with Crippen LogP contribution in [-0.2, 0) is 5.75 Å². The fraction of sp³-hybridized carbons (Fsp3) is 0.643. The molecule has 0 spiro atoms. The Kier molecular flexibility index (Phi) is 6.45. The number of carbonyl (C=O) groups is 1. The Morgan fingerprint density at radius 1 is 1.42 bits per heavy atom. The van der Waals surface area contributed by atoms with E-state index >= 15 is 0 Å². The fourth-order valence-electron chi connectivity index (χ4n) is 1.85. The summed E-state index contributed by atoms with van der Waals surface area (Å²) < 4.78 is 5.46. The topological polar surface area (TPSA) is 62.5 Å². The predicted molar refractivity (Wildman–Crippen MR) is 78.4 cm³/mol. The van der Waals surface area contributed by atoms with Crippen LogP contribution in [0.3, 0.4) is 0 Å². The first-order valence-electron chi connectivity index (χ1n) is 6.57. The Hall–Kier alpha value is -0.940. The van der Waals surface area contributed by atoms with Crippen molar-refractivity contribution in [1.29, 1.82) is 0 Å². The van der Waals surface area contributed by atoms with E-state index in [1.807, 2.05) is 26.2 Å². The van der Waals surface area contributed by atoms with Crippen molar-refractivity contribution in [2.45, 2.75) is 32.4 Å². The van der Waals surface area contributed by atoms with E-state index in [0.717, 1.165) is 24.4 Å². The van der Waals surface area contributed by atoms with E-state index in [1.165, 1.54) is 0 Å². The third-order valence-corrected chi connectivity index (χ3v) is 4.20. The summed E-state index contributed by atoms with van der Waals surface area (Å²) in [5.41, 5.74) is -0.232. The van der Waals surface area contributed by atoms with Crippen LogP contribution in [0.2, 0.25) is 0 Å². The minimum atomic E-state index is -0.232. The Bertz CT molecular complexity index is 391. The highest BCUT2D eigenvalue weighted by Crippen LogP contribution is 2.24. The predicted octanol–water partition coefficient (Wildman–Crippen LogP) is 2.67. The van der Waals surface area contributed by atoms with Crippen molar-refractivity contribution in [3.8, 4) is 0 Å². The zero-order valence-electron chi connectivity index (χ0n) is 11.9. The maximum atomic E-state index is 12.0. The van der Waals surface area contributed by atoms with E-state index in [-0.39, 0.29) is 17.9 Å². The lowest BCUT2D eigenvalue weighted by atomic mass is 9.83. The van der Waals surface area contributed by atoms with Crippen molar-refractivity contribution >= 4 is 17.7 Å². The molecule has 1 aromatic rings. The molecular weight excluding hydrogens is 262 g/mol. The molecule has 0 radical (unpaired) electrons. The first-order chi connectivity index (χ1) is 9.10. The summed E-state index contributed by atoms with van der Waals surface area (Å²) >= 11 is 1.65. The number of aliphatic hydroxyl groups excluding tert-OH is 1. The average molecular weight is 285 g/mol. The van der Waals surface area contributed by atoms with Crippen LogP contribution < -0.4 is 5.32 Å². The van der Waals surface area contributed by atoms with Crippen LogP contribution in [0, 0.1) is 5.41 Å². The number of carbonyl (C=O) groups excluding carboxylic acids is 1. The Morgan fingerprint density at radius 2 is 2.11 bits per heavy atom. The number of rotatable bonds is 8. The molecule has 0 aromatic carbocycles. The van der Waals surface area contributed by atoms with Gasteiger partial charge in [0.25, 0.3) is 5.91 Å². The Morgan fingerprint density at radius 3 is 2.63 bits per heavy atom. The molecule has 1 rings (SSSR count). The lowest BCUT2D eigenvalue weighted by Crippen LogP contribution is -2.39. The lowest BCUT2D eigenvalue weighted by Gasteiger charge is -2.29. The van der Waals surface area contributed by atoms with Crippen LogP contribution in [-0.4, -0.2) is 30.4 Å². The summed E-state index contributed by atoms with van der Waals surface area (Å²) in [5.74, 6) is 1.69. The number of furan rings is 1. The third-order valence-electron chi connectivity index (χ3n) is 3.63. The summed E-state index contributed by atoms with van der Waals surface area (Å²) in [6, 6.07) is 3.52. The number of thioether (sulfide) groups is 1. The SMILES string of the molecule is CCC(CC)(CO)CNC(=O)c1ccc(CSC)o1. The second-order valence-corrected chi connectivity index (χ2v) is 5.61. The van der Waals surface area contributed by atoms with E-state index < -0.39 is 0 Å². The van der Waals surface area contributed by atoms with Gasteiger partial charge in [-0.1, -0.05) is 13.8 Å². The van der Waals surface area contributed by atoms with Crippen LogP contribution in [0.1, 0.15) is 43.0 Å². The monoisotopic (exact) mass is 285 g/mol. The van der Waals surface area contributed by atoms with Gasteiger partial charge < -0.3 is 14.8 Å². The normalized spacial score (nSPS) is 11.6. The molecule has 4 nitrogen and oxygen atoms in total. The van der Waals surface area contributed by atoms with E-state index in [4.69, 9.17) is 4.42 Å².